The van der Waals surface area contributed by atoms with Crippen molar-refractivity contribution < 1.29 is 8.42 Å². The molecule has 33 heavy (non-hydrogen) atoms. The van der Waals surface area contributed by atoms with Crippen LogP contribution in [0.1, 0.15) is 41.5 Å². The first-order valence-electron chi connectivity index (χ1n) is 10.8. The van der Waals surface area contributed by atoms with Crippen LogP contribution in [0.25, 0.3) is 10.8 Å². The number of aromatic nitrogens is 2. The molecular weight excluding hydrogens is 454 g/mol. The van der Waals surface area contributed by atoms with Crippen molar-refractivity contribution in [1.82, 2.24) is 14.7 Å². The normalized spacial score (nSPS) is 17.5. The average molecular weight is 478 g/mol. The van der Waals surface area contributed by atoms with Crippen LogP contribution in [-0.2, 0) is 16.4 Å². The summed E-state index contributed by atoms with van der Waals surface area (Å²) in [6.45, 7) is 2.04. The van der Waals surface area contributed by atoms with Crippen molar-refractivity contribution in [3.8, 4) is 0 Å². The van der Waals surface area contributed by atoms with Gasteiger partial charge in [0.15, 0.2) is 5.16 Å². The van der Waals surface area contributed by atoms with Crippen LogP contribution in [0.2, 0.25) is 0 Å². The van der Waals surface area contributed by atoms with Crippen LogP contribution in [0.15, 0.2) is 87.6 Å². The zero-order valence-corrected chi connectivity index (χ0v) is 19.6. The van der Waals surface area contributed by atoms with Crippen LogP contribution in [0.3, 0.4) is 0 Å². The molecule has 3 aromatic carbocycles. The van der Waals surface area contributed by atoms with Gasteiger partial charge >= 0.3 is 0 Å². The number of hydrogen-bond donors (Lipinski definition) is 2. The molecule has 0 aliphatic heterocycles. The minimum absolute atomic E-state index is 0.203. The van der Waals surface area contributed by atoms with Gasteiger partial charge in [-0.05, 0) is 40.5 Å². The fourth-order valence-corrected chi connectivity index (χ4v) is 6.95. The maximum absolute atomic E-state index is 13.3. The molecule has 1 aliphatic carbocycles. The maximum atomic E-state index is 13.3. The Kier molecular flexibility index (Phi) is 5.82. The fraction of sp³-hybridized carbons (Fsp3) is 0.200. The highest BCUT2D eigenvalue weighted by molar-refractivity contribution is 7.99. The van der Waals surface area contributed by atoms with Gasteiger partial charge in [0.1, 0.15) is 0 Å². The third-order valence-electron chi connectivity index (χ3n) is 5.77. The van der Waals surface area contributed by atoms with E-state index in [1.807, 2.05) is 43.3 Å². The second-order valence-electron chi connectivity index (χ2n) is 8.03. The van der Waals surface area contributed by atoms with Crippen LogP contribution >= 0.6 is 11.8 Å². The summed E-state index contributed by atoms with van der Waals surface area (Å²) >= 11 is 1.39. The zero-order chi connectivity index (χ0) is 23.0. The summed E-state index contributed by atoms with van der Waals surface area (Å²) in [7, 11) is -3.76. The summed E-state index contributed by atoms with van der Waals surface area (Å²) in [5.74, 6) is 0. The molecule has 6 nitrogen and oxygen atoms in total. The molecule has 0 spiro atoms. The fourth-order valence-electron chi connectivity index (χ4n) is 4.37. The Bertz CT molecular complexity index is 1480. The Labute approximate surface area is 196 Å². The lowest BCUT2D eigenvalue weighted by atomic mass is 10.1. The van der Waals surface area contributed by atoms with Gasteiger partial charge in [-0.2, -0.15) is 0 Å². The van der Waals surface area contributed by atoms with Crippen LogP contribution in [0.5, 0.6) is 0 Å². The van der Waals surface area contributed by atoms with E-state index in [0.717, 1.165) is 34.0 Å². The van der Waals surface area contributed by atoms with Gasteiger partial charge in [0.05, 0.1) is 16.2 Å². The van der Waals surface area contributed by atoms with Crippen LogP contribution in [-0.4, -0.2) is 18.4 Å². The summed E-state index contributed by atoms with van der Waals surface area (Å²) in [6.07, 6.45) is 1.59. The van der Waals surface area contributed by atoms with Crippen molar-refractivity contribution in [2.75, 3.05) is 0 Å². The molecule has 0 radical (unpaired) electrons. The van der Waals surface area contributed by atoms with E-state index in [2.05, 4.69) is 14.7 Å². The first-order valence-corrected chi connectivity index (χ1v) is 13.2. The molecule has 0 saturated carbocycles. The van der Waals surface area contributed by atoms with E-state index in [-0.39, 0.29) is 15.7 Å². The quantitative estimate of drug-likeness (QED) is 0.375. The van der Waals surface area contributed by atoms with Crippen molar-refractivity contribution in [2.45, 2.75) is 41.1 Å². The highest BCUT2D eigenvalue weighted by atomic mass is 32.2. The summed E-state index contributed by atoms with van der Waals surface area (Å²) in [5.41, 5.74) is 2.48. The predicted octanol–water partition coefficient (Wildman–Crippen LogP) is 4.74. The van der Waals surface area contributed by atoms with Gasteiger partial charge in [0.25, 0.3) is 5.56 Å². The largest absolute Gasteiger partial charge is 0.301 e. The third-order valence-corrected chi connectivity index (χ3v) is 8.42. The number of nitrogens with zero attached hydrogens (tertiary/aromatic N) is 1. The molecule has 5 rings (SSSR count). The molecule has 1 aromatic heterocycles. The van der Waals surface area contributed by atoms with Gasteiger partial charge < -0.3 is 4.98 Å². The molecular formula is C25H23N3O3S2. The van der Waals surface area contributed by atoms with Crippen molar-refractivity contribution in [3.63, 3.8) is 0 Å². The lowest BCUT2D eigenvalue weighted by molar-refractivity contribution is 0.557. The number of aryl methyl sites for hydroxylation is 1. The topological polar surface area (TPSA) is 91.9 Å². The van der Waals surface area contributed by atoms with E-state index in [1.165, 1.54) is 17.8 Å². The standard InChI is InChI=1S/C25H23N3O3S2/c1-2-8-17-15-21(29)27-25(26-17)32-24-20-14-7-10-16-9-6-13-19(22(16)20)23(24)28-33(30,31)18-11-4-3-5-12-18/h3-7,9-15,23-24,28H,2,8H2,1H3,(H,26,27,29)/t23-,24+/m0/s1. The van der Waals surface area contributed by atoms with E-state index in [9.17, 15) is 13.2 Å². The maximum Gasteiger partial charge on any atom is 0.251 e. The van der Waals surface area contributed by atoms with E-state index >= 15 is 0 Å². The van der Waals surface area contributed by atoms with Crippen LogP contribution < -0.4 is 10.3 Å². The predicted molar refractivity (Wildman–Crippen MR) is 131 cm³/mol. The SMILES string of the molecule is CCCc1cc(=O)[nH]c(S[C@@H]2c3cccc4cccc(c34)[C@@H]2NS(=O)(=O)c2ccccc2)n1. The Morgan fingerprint density at radius 2 is 1.73 bits per heavy atom. The molecule has 2 atom stereocenters. The first kappa shape index (κ1) is 21.9. The lowest BCUT2D eigenvalue weighted by Gasteiger charge is -2.22. The summed E-state index contributed by atoms with van der Waals surface area (Å²) in [4.78, 5) is 19.9. The number of aromatic amines is 1. The molecule has 0 fully saturated rings. The molecule has 0 unspecified atom stereocenters. The lowest BCUT2D eigenvalue weighted by Crippen LogP contribution is -2.30. The Morgan fingerprint density at radius 1 is 1.00 bits per heavy atom. The molecule has 8 heteroatoms. The van der Waals surface area contributed by atoms with Crippen molar-refractivity contribution in [3.05, 3.63) is 100.0 Å². The highest BCUT2D eigenvalue weighted by Gasteiger charge is 2.38. The van der Waals surface area contributed by atoms with Crippen molar-refractivity contribution in [1.29, 1.82) is 0 Å². The van der Waals surface area contributed by atoms with Gasteiger partial charge in [-0.25, -0.2) is 18.1 Å². The van der Waals surface area contributed by atoms with Gasteiger partial charge in [-0.15, -0.1) is 0 Å². The van der Waals surface area contributed by atoms with Gasteiger partial charge in [-0.3, -0.25) is 4.79 Å². The molecule has 0 amide bonds. The summed E-state index contributed by atoms with van der Waals surface area (Å²) in [6, 6.07) is 21.3. The zero-order valence-electron chi connectivity index (χ0n) is 18.0. The Morgan fingerprint density at radius 3 is 2.45 bits per heavy atom. The molecule has 1 aliphatic rings. The van der Waals surface area contributed by atoms with Crippen molar-refractivity contribution >= 4 is 32.6 Å². The Balaban J connectivity index is 1.59. The molecule has 4 aromatic rings. The second-order valence-corrected chi connectivity index (χ2v) is 10.9. The van der Waals surface area contributed by atoms with Gasteiger partial charge in [0, 0.05) is 11.8 Å². The van der Waals surface area contributed by atoms with Crippen molar-refractivity contribution in [2.24, 2.45) is 0 Å². The highest BCUT2D eigenvalue weighted by Crippen LogP contribution is 2.52. The smallest absolute Gasteiger partial charge is 0.251 e. The number of hydrogen-bond acceptors (Lipinski definition) is 5. The number of thioether (sulfide) groups is 1. The number of H-pyrrole nitrogens is 1. The summed E-state index contributed by atoms with van der Waals surface area (Å²) < 4.78 is 29.4. The Hall–Kier alpha value is -2.94. The van der Waals surface area contributed by atoms with Gasteiger partial charge in [-0.1, -0.05) is 79.7 Å². The minimum atomic E-state index is -3.76. The average Bonchev–Trinajstić information content (AvgIpc) is 3.08. The molecule has 1 heterocycles. The first-order chi connectivity index (χ1) is 16.0. The van der Waals surface area contributed by atoms with E-state index in [0.29, 0.717) is 11.6 Å². The van der Waals surface area contributed by atoms with Crippen LogP contribution in [0, 0.1) is 0 Å². The third kappa shape index (κ3) is 4.21. The molecule has 0 bridgehead atoms. The molecule has 2 N–H and O–H groups in total. The number of sulfonamides is 1. The number of benzene rings is 3. The number of rotatable bonds is 7. The molecule has 168 valence electrons. The van der Waals surface area contributed by atoms with E-state index in [1.54, 1.807) is 30.3 Å². The number of nitrogens with one attached hydrogen (secondary N) is 2. The van der Waals surface area contributed by atoms with E-state index < -0.39 is 16.1 Å². The summed E-state index contributed by atoms with van der Waals surface area (Å²) in [5, 5.41) is 2.30. The van der Waals surface area contributed by atoms with E-state index in [4.69, 9.17) is 0 Å². The van der Waals surface area contributed by atoms with Gasteiger partial charge in [0.2, 0.25) is 10.0 Å². The van der Waals surface area contributed by atoms with Crippen LogP contribution in [0.4, 0.5) is 0 Å². The minimum Gasteiger partial charge on any atom is -0.301 e. The second kappa shape index (κ2) is 8.78. The monoisotopic (exact) mass is 477 g/mol. The molecule has 0 saturated heterocycles.